The van der Waals surface area contributed by atoms with Crippen molar-refractivity contribution >= 4 is 33.2 Å². The Hall–Kier alpha value is -1.51. The van der Waals surface area contributed by atoms with Gasteiger partial charge in [0.2, 0.25) is 10.0 Å². The molecule has 0 aromatic heterocycles. The van der Waals surface area contributed by atoms with Crippen LogP contribution in [0.25, 0.3) is 0 Å². The molecule has 0 unspecified atom stereocenters. The molecule has 0 atom stereocenters. The topological polar surface area (TPSA) is 89.7 Å². The molecule has 8 heteroatoms. The first-order chi connectivity index (χ1) is 9.26. The summed E-state index contributed by atoms with van der Waals surface area (Å²) < 4.78 is 29.6. The van der Waals surface area contributed by atoms with Crippen molar-refractivity contribution < 1.29 is 17.9 Å². The molecular formula is C12H16N2O4S2. The molecule has 6 nitrogen and oxygen atoms in total. The van der Waals surface area contributed by atoms with Crippen LogP contribution in [0, 0.1) is 0 Å². The Morgan fingerprint density at radius 3 is 2.65 bits per heavy atom. The summed E-state index contributed by atoms with van der Waals surface area (Å²) in [5.41, 5.74) is 6.65. The number of likely N-dealkylation sites (N-methyl/N-ethyl adjacent to an activating group) is 1. The molecule has 0 saturated heterocycles. The van der Waals surface area contributed by atoms with E-state index >= 15 is 0 Å². The lowest BCUT2D eigenvalue weighted by Crippen LogP contribution is -2.33. The number of carbonyl (C=O) groups excluding carboxylic acids is 1. The molecule has 0 radical (unpaired) electrons. The van der Waals surface area contributed by atoms with Crippen molar-refractivity contribution in [3.05, 3.63) is 35.4 Å². The lowest BCUT2D eigenvalue weighted by molar-refractivity contribution is -0.140. The minimum absolute atomic E-state index is 0.201. The number of sulfonamides is 1. The van der Waals surface area contributed by atoms with Crippen LogP contribution in [-0.2, 0) is 25.3 Å². The molecule has 0 saturated carbocycles. The van der Waals surface area contributed by atoms with Crippen molar-refractivity contribution in [3.63, 3.8) is 0 Å². The summed E-state index contributed by atoms with van der Waals surface area (Å²) in [6, 6.07) is 6.66. The van der Waals surface area contributed by atoms with Crippen molar-refractivity contribution in [3.8, 4) is 0 Å². The highest BCUT2D eigenvalue weighted by Gasteiger charge is 2.21. The highest BCUT2D eigenvalue weighted by Crippen LogP contribution is 2.12. The first-order valence-corrected chi connectivity index (χ1v) is 7.67. The smallest absolute Gasteiger partial charge is 0.320 e. The number of nitrogens with zero attached hydrogens (tertiary/aromatic N) is 1. The van der Waals surface area contributed by atoms with Crippen LogP contribution in [0.2, 0.25) is 0 Å². The van der Waals surface area contributed by atoms with Gasteiger partial charge < -0.3 is 10.5 Å². The number of hydrogen-bond acceptors (Lipinski definition) is 5. The summed E-state index contributed by atoms with van der Waals surface area (Å²) in [4.78, 5) is 11.3. The van der Waals surface area contributed by atoms with E-state index in [1.165, 1.54) is 14.2 Å². The van der Waals surface area contributed by atoms with Gasteiger partial charge in [0.05, 0.1) is 12.9 Å². The van der Waals surface area contributed by atoms with Gasteiger partial charge in [0.1, 0.15) is 11.5 Å². The molecule has 1 aromatic carbocycles. The lowest BCUT2D eigenvalue weighted by atomic mass is 10.1. The van der Waals surface area contributed by atoms with Crippen molar-refractivity contribution in [2.24, 2.45) is 5.73 Å². The third kappa shape index (κ3) is 4.55. The summed E-state index contributed by atoms with van der Waals surface area (Å²) in [6.07, 6.45) is 0. The zero-order valence-corrected chi connectivity index (χ0v) is 12.8. The van der Waals surface area contributed by atoms with Crippen LogP contribution in [0.4, 0.5) is 0 Å². The van der Waals surface area contributed by atoms with Crippen LogP contribution in [0.1, 0.15) is 11.1 Å². The van der Waals surface area contributed by atoms with Crippen LogP contribution in [-0.4, -0.2) is 44.4 Å². The number of methoxy groups -OCH3 is 1. The SMILES string of the molecule is COC(=O)CN(C)S(=O)(=O)Cc1cccc(C(N)=S)c1. The maximum atomic E-state index is 12.1. The average Bonchev–Trinajstić information content (AvgIpc) is 2.38. The monoisotopic (exact) mass is 316 g/mol. The number of rotatable bonds is 6. The Balaban J connectivity index is 2.88. The first kappa shape index (κ1) is 16.5. The van der Waals surface area contributed by atoms with Crippen molar-refractivity contribution in [1.82, 2.24) is 4.31 Å². The van der Waals surface area contributed by atoms with Gasteiger partial charge in [0.25, 0.3) is 0 Å². The van der Waals surface area contributed by atoms with E-state index in [-0.39, 0.29) is 17.3 Å². The molecule has 0 fully saturated rings. The van der Waals surface area contributed by atoms with Gasteiger partial charge in [-0.15, -0.1) is 0 Å². The molecule has 2 N–H and O–H groups in total. The number of thiocarbonyl (C=S) groups is 1. The number of carbonyl (C=O) groups is 1. The van der Waals surface area contributed by atoms with Gasteiger partial charge in [-0.25, -0.2) is 8.42 Å². The fourth-order valence-electron chi connectivity index (χ4n) is 1.48. The highest BCUT2D eigenvalue weighted by molar-refractivity contribution is 7.88. The van der Waals surface area contributed by atoms with E-state index in [1.54, 1.807) is 24.3 Å². The van der Waals surface area contributed by atoms with E-state index in [0.29, 0.717) is 11.1 Å². The van der Waals surface area contributed by atoms with Gasteiger partial charge >= 0.3 is 5.97 Å². The molecule has 20 heavy (non-hydrogen) atoms. The molecule has 110 valence electrons. The maximum Gasteiger partial charge on any atom is 0.320 e. The Kier molecular flexibility index (Phi) is 5.61. The van der Waals surface area contributed by atoms with Crippen molar-refractivity contribution in [2.45, 2.75) is 5.75 Å². The van der Waals surface area contributed by atoms with Crippen LogP contribution in [0.15, 0.2) is 24.3 Å². The zero-order valence-electron chi connectivity index (χ0n) is 11.2. The maximum absolute atomic E-state index is 12.1. The van der Waals surface area contributed by atoms with Crippen LogP contribution in [0.3, 0.4) is 0 Å². The van der Waals surface area contributed by atoms with E-state index in [9.17, 15) is 13.2 Å². The molecule has 1 rings (SSSR count). The fraction of sp³-hybridized carbons (Fsp3) is 0.333. The van der Waals surface area contributed by atoms with Crippen LogP contribution < -0.4 is 5.73 Å². The molecule has 0 heterocycles. The van der Waals surface area contributed by atoms with Gasteiger partial charge in [-0.2, -0.15) is 4.31 Å². The standard InChI is InChI=1S/C12H16N2O4S2/c1-14(7-11(15)18-2)20(16,17)8-9-4-3-5-10(6-9)12(13)19/h3-6H,7-8H2,1-2H3,(H2,13,19). The molecule has 1 aromatic rings. The minimum atomic E-state index is -3.61. The lowest BCUT2D eigenvalue weighted by Gasteiger charge is -2.16. The Bertz CT molecular complexity index is 614. The fourth-order valence-corrected chi connectivity index (χ4v) is 2.73. The zero-order chi connectivity index (χ0) is 15.3. The number of ether oxygens (including phenoxy) is 1. The van der Waals surface area contributed by atoms with Gasteiger partial charge in [0.15, 0.2) is 0 Å². The molecule has 0 aliphatic rings. The van der Waals surface area contributed by atoms with Crippen LogP contribution >= 0.6 is 12.2 Å². The van der Waals surface area contributed by atoms with Gasteiger partial charge in [-0.3, -0.25) is 4.79 Å². The van der Waals surface area contributed by atoms with E-state index in [1.807, 2.05) is 0 Å². The molecule has 0 amide bonds. The molecule has 0 bridgehead atoms. The summed E-state index contributed by atoms with van der Waals surface area (Å²) in [6.45, 7) is -0.326. The van der Waals surface area contributed by atoms with Gasteiger partial charge in [-0.05, 0) is 11.6 Å². The number of benzene rings is 1. The average molecular weight is 316 g/mol. The summed E-state index contributed by atoms with van der Waals surface area (Å²) in [5, 5.41) is 0. The molecule has 0 spiro atoms. The van der Waals surface area contributed by atoms with E-state index in [2.05, 4.69) is 4.74 Å². The minimum Gasteiger partial charge on any atom is -0.468 e. The van der Waals surface area contributed by atoms with E-state index < -0.39 is 16.0 Å². The first-order valence-electron chi connectivity index (χ1n) is 5.66. The predicted molar refractivity (Wildman–Crippen MR) is 79.6 cm³/mol. The molecule has 0 aliphatic carbocycles. The van der Waals surface area contributed by atoms with E-state index in [4.69, 9.17) is 18.0 Å². The second-order valence-corrected chi connectivity index (χ2v) is 6.67. The summed E-state index contributed by atoms with van der Waals surface area (Å²) >= 11 is 4.84. The summed E-state index contributed by atoms with van der Waals surface area (Å²) in [7, 11) is -1.09. The quantitative estimate of drug-likeness (QED) is 0.598. The largest absolute Gasteiger partial charge is 0.468 e. The Labute approximate surface area is 123 Å². The number of esters is 1. The molecular weight excluding hydrogens is 300 g/mol. The Morgan fingerprint density at radius 1 is 1.45 bits per heavy atom. The number of nitrogens with two attached hydrogens (primary N) is 1. The van der Waals surface area contributed by atoms with Crippen LogP contribution in [0.5, 0.6) is 0 Å². The second-order valence-electron chi connectivity index (χ2n) is 4.15. The predicted octanol–water partition coefficient (Wildman–Crippen LogP) is 0.255. The van der Waals surface area contributed by atoms with Gasteiger partial charge in [0, 0.05) is 12.6 Å². The van der Waals surface area contributed by atoms with Gasteiger partial charge in [-0.1, -0.05) is 30.4 Å². The molecule has 0 aliphatic heterocycles. The Morgan fingerprint density at radius 2 is 2.10 bits per heavy atom. The third-order valence-electron chi connectivity index (χ3n) is 2.61. The van der Waals surface area contributed by atoms with Crippen molar-refractivity contribution in [2.75, 3.05) is 20.7 Å². The van der Waals surface area contributed by atoms with E-state index in [0.717, 1.165) is 4.31 Å². The summed E-state index contributed by atoms with van der Waals surface area (Å²) in [5.74, 6) is -0.857. The third-order valence-corrected chi connectivity index (χ3v) is 4.63. The second kappa shape index (κ2) is 6.78. The van der Waals surface area contributed by atoms with Crippen molar-refractivity contribution in [1.29, 1.82) is 0 Å². The number of hydrogen-bond donors (Lipinski definition) is 1. The highest BCUT2D eigenvalue weighted by atomic mass is 32.2. The normalized spacial score (nSPS) is 11.3.